The third-order valence-electron chi connectivity index (χ3n) is 14.7. The zero-order chi connectivity index (χ0) is 46.2. The van der Waals surface area contributed by atoms with Gasteiger partial charge in [-0.1, -0.05) is 194 Å². The summed E-state index contributed by atoms with van der Waals surface area (Å²) in [6.45, 7) is 0. The van der Waals surface area contributed by atoms with Crippen LogP contribution in [0.3, 0.4) is 0 Å². The Hall–Kier alpha value is -9.18. The van der Waals surface area contributed by atoms with E-state index in [0.29, 0.717) is 0 Å². The Morgan fingerprint density at radius 1 is 0.300 bits per heavy atom. The van der Waals surface area contributed by atoms with Gasteiger partial charge in [0.2, 0.25) is 0 Å². The van der Waals surface area contributed by atoms with Crippen LogP contribution in [0.2, 0.25) is 0 Å². The van der Waals surface area contributed by atoms with Crippen LogP contribution in [0.25, 0.3) is 66.4 Å². The standard InChI is InChI=1S/C67H44N2O/c1-5-19-45(20-6-1)47-33-37-51(38-34-47)68(49-23-9-3-10-24-49)53-41-42-56-60(43-53)67(58-30-16-13-27-54(58)55-28-14-17-31-59(55)67)61-44-62(65-57-29-15-18-32-63(57)70-66(65)64(56)61)69(50-25-11-4-12-26-50)52-39-35-48(36-40-52)46-21-7-2-8-22-46/h1-44H. The summed E-state index contributed by atoms with van der Waals surface area (Å²) in [7, 11) is 0. The second-order valence-electron chi connectivity index (χ2n) is 18.4. The summed E-state index contributed by atoms with van der Waals surface area (Å²) in [5, 5.41) is 2.17. The summed E-state index contributed by atoms with van der Waals surface area (Å²) in [4.78, 5) is 4.83. The van der Waals surface area contributed by atoms with Gasteiger partial charge in [-0.15, -0.1) is 0 Å². The van der Waals surface area contributed by atoms with Gasteiger partial charge in [-0.3, -0.25) is 0 Å². The minimum Gasteiger partial charge on any atom is -0.455 e. The van der Waals surface area contributed by atoms with Gasteiger partial charge in [-0.05, 0) is 134 Å². The minimum absolute atomic E-state index is 0.686. The zero-order valence-electron chi connectivity index (χ0n) is 38.2. The molecule has 0 atom stereocenters. The van der Waals surface area contributed by atoms with Crippen LogP contribution in [-0.2, 0) is 5.41 Å². The van der Waals surface area contributed by atoms with Crippen molar-refractivity contribution in [2.45, 2.75) is 5.41 Å². The van der Waals surface area contributed by atoms with Gasteiger partial charge >= 0.3 is 0 Å². The fourth-order valence-electron chi connectivity index (χ4n) is 11.7. The Labute approximate surface area is 407 Å². The molecule has 0 saturated heterocycles. The van der Waals surface area contributed by atoms with Crippen molar-refractivity contribution in [1.29, 1.82) is 0 Å². The van der Waals surface area contributed by atoms with Crippen LogP contribution in [0.15, 0.2) is 271 Å². The minimum atomic E-state index is -0.686. The lowest BCUT2D eigenvalue weighted by atomic mass is 9.70. The van der Waals surface area contributed by atoms with Crippen molar-refractivity contribution >= 4 is 56.1 Å². The quantitative estimate of drug-likeness (QED) is 0.152. The highest BCUT2D eigenvalue weighted by atomic mass is 16.3. The smallest absolute Gasteiger partial charge is 0.145 e. The number of furan rings is 1. The van der Waals surface area contributed by atoms with Crippen molar-refractivity contribution in [2.24, 2.45) is 0 Å². The summed E-state index contributed by atoms with van der Waals surface area (Å²) < 4.78 is 7.30. The van der Waals surface area contributed by atoms with E-state index in [9.17, 15) is 0 Å². The highest BCUT2D eigenvalue weighted by Gasteiger charge is 2.53. The molecular formula is C67H44N2O. The first-order valence-corrected chi connectivity index (χ1v) is 24.1. The molecule has 1 aromatic heterocycles. The van der Waals surface area contributed by atoms with E-state index in [0.717, 1.165) is 61.6 Å². The summed E-state index contributed by atoms with van der Waals surface area (Å²) in [5.74, 6) is 0. The van der Waals surface area contributed by atoms with E-state index in [1.54, 1.807) is 0 Å². The summed E-state index contributed by atoms with van der Waals surface area (Å²) >= 11 is 0. The fourth-order valence-corrected chi connectivity index (χ4v) is 11.7. The monoisotopic (exact) mass is 892 g/mol. The number of anilines is 6. The van der Waals surface area contributed by atoms with Crippen molar-refractivity contribution < 1.29 is 4.42 Å². The van der Waals surface area contributed by atoms with Crippen LogP contribution in [0.1, 0.15) is 22.3 Å². The number of hydrogen-bond donors (Lipinski definition) is 0. The third-order valence-corrected chi connectivity index (χ3v) is 14.7. The van der Waals surface area contributed by atoms with Crippen LogP contribution in [0.5, 0.6) is 0 Å². The highest BCUT2D eigenvalue weighted by molar-refractivity contribution is 6.20. The number of benzene rings is 11. The van der Waals surface area contributed by atoms with Crippen LogP contribution in [0, 0.1) is 0 Å². The molecule has 70 heavy (non-hydrogen) atoms. The largest absolute Gasteiger partial charge is 0.455 e. The van der Waals surface area contributed by atoms with E-state index in [2.05, 4.69) is 277 Å². The first-order valence-electron chi connectivity index (χ1n) is 24.1. The Morgan fingerprint density at radius 3 is 1.33 bits per heavy atom. The zero-order valence-corrected chi connectivity index (χ0v) is 38.2. The van der Waals surface area contributed by atoms with Gasteiger partial charge in [0.25, 0.3) is 0 Å². The lowest BCUT2D eigenvalue weighted by Crippen LogP contribution is -2.26. The molecule has 11 aromatic carbocycles. The van der Waals surface area contributed by atoms with Gasteiger partial charge in [0.15, 0.2) is 0 Å². The van der Waals surface area contributed by atoms with Gasteiger partial charge in [0.1, 0.15) is 11.2 Å². The predicted molar refractivity (Wildman–Crippen MR) is 290 cm³/mol. The first-order chi connectivity index (χ1) is 34.7. The second-order valence-corrected chi connectivity index (χ2v) is 18.4. The maximum atomic E-state index is 7.30. The lowest BCUT2D eigenvalue weighted by Gasteiger charge is -2.33. The highest BCUT2D eigenvalue weighted by Crippen LogP contribution is 2.66. The first kappa shape index (κ1) is 39.9. The number of fused-ring (bicyclic) bond motifs is 14. The molecule has 0 N–H and O–H groups in total. The molecule has 1 spiro atoms. The van der Waals surface area contributed by atoms with E-state index in [4.69, 9.17) is 4.42 Å². The molecule has 12 aromatic rings. The Morgan fingerprint density at radius 2 is 0.743 bits per heavy atom. The van der Waals surface area contributed by atoms with E-state index < -0.39 is 5.41 Å². The van der Waals surface area contributed by atoms with Gasteiger partial charge in [-0.2, -0.15) is 0 Å². The molecular weight excluding hydrogens is 849 g/mol. The van der Waals surface area contributed by atoms with Crippen LogP contribution >= 0.6 is 0 Å². The van der Waals surface area contributed by atoms with Crippen molar-refractivity contribution in [3.8, 4) is 44.5 Å². The molecule has 14 rings (SSSR count). The average molecular weight is 893 g/mol. The predicted octanol–water partition coefficient (Wildman–Crippen LogP) is 18.2. The van der Waals surface area contributed by atoms with Crippen molar-refractivity contribution in [2.75, 3.05) is 9.80 Å². The lowest BCUT2D eigenvalue weighted by molar-refractivity contribution is 0.669. The van der Waals surface area contributed by atoms with Crippen LogP contribution < -0.4 is 9.80 Å². The fraction of sp³-hybridized carbons (Fsp3) is 0.0149. The maximum Gasteiger partial charge on any atom is 0.145 e. The van der Waals surface area contributed by atoms with Gasteiger partial charge in [0.05, 0.1) is 16.5 Å². The molecule has 0 unspecified atom stereocenters. The van der Waals surface area contributed by atoms with Gasteiger partial charge < -0.3 is 14.2 Å². The number of hydrogen-bond acceptors (Lipinski definition) is 3. The SMILES string of the molecule is c1ccc(-c2ccc(N(c3ccccc3)c3ccc4c(c3)C3(c5ccccc5-c5ccccc53)c3cc(N(c5ccccc5)c5ccc(-c6ccccc6)cc5)c5c(oc6ccccc65)c3-4)cc2)cc1. The van der Waals surface area contributed by atoms with Gasteiger partial charge in [-0.25, -0.2) is 0 Å². The van der Waals surface area contributed by atoms with E-state index >= 15 is 0 Å². The van der Waals surface area contributed by atoms with E-state index in [1.807, 2.05) is 0 Å². The van der Waals surface area contributed by atoms with Crippen LogP contribution in [0.4, 0.5) is 34.1 Å². The molecule has 0 bridgehead atoms. The summed E-state index contributed by atoms with van der Waals surface area (Å²) in [6, 6.07) is 97.1. The molecule has 1 heterocycles. The van der Waals surface area contributed by atoms with Gasteiger partial charge in [0, 0.05) is 39.4 Å². The molecule has 3 nitrogen and oxygen atoms in total. The second kappa shape index (κ2) is 16.0. The average Bonchev–Trinajstić information content (AvgIpc) is 4.07. The normalized spacial score (nSPS) is 12.7. The molecule has 0 amide bonds. The molecule has 3 heteroatoms. The Kier molecular flexibility index (Phi) is 9.11. The number of para-hydroxylation sites is 3. The summed E-state index contributed by atoms with van der Waals surface area (Å²) in [5.41, 5.74) is 22.0. The molecule has 328 valence electrons. The summed E-state index contributed by atoms with van der Waals surface area (Å²) in [6.07, 6.45) is 0. The van der Waals surface area contributed by atoms with Crippen molar-refractivity contribution in [3.63, 3.8) is 0 Å². The Bertz CT molecular complexity index is 3870. The number of rotatable bonds is 8. The Balaban J connectivity index is 1.06. The third kappa shape index (κ3) is 6.01. The molecule has 0 saturated carbocycles. The number of nitrogens with zero attached hydrogens (tertiary/aromatic N) is 2. The molecule has 2 aliphatic carbocycles. The van der Waals surface area contributed by atoms with Crippen molar-refractivity contribution in [1.82, 2.24) is 0 Å². The van der Waals surface area contributed by atoms with E-state index in [-0.39, 0.29) is 0 Å². The maximum absolute atomic E-state index is 7.30. The molecule has 0 radical (unpaired) electrons. The van der Waals surface area contributed by atoms with Crippen LogP contribution in [-0.4, -0.2) is 0 Å². The molecule has 2 aliphatic rings. The molecule has 0 fully saturated rings. The molecule has 0 aliphatic heterocycles. The topological polar surface area (TPSA) is 19.6 Å². The van der Waals surface area contributed by atoms with Crippen molar-refractivity contribution in [3.05, 3.63) is 289 Å². The van der Waals surface area contributed by atoms with E-state index in [1.165, 1.54) is 61.2 Å².